The van der Waals surface area contributed by atoms with Crippen LogP contribution in [0, 0.1) is 5.92 Å². The van der Waals surface area contributed by atoms with Crippen LogP contribution in [0.1, 0.15) is 35.3 Å². The van der Waals surface area contributed by atoms with Crippen LogP contribution in [-0.4, -0.2) is 23.7 Å². The first-order valence-electron chi connectivity index (χ1n) is 6.23. The van der Waals surface area contributed by atoms with E-state index in [1.807, 2.05) is 26.0 Å². The summed E-state index contributed by atoms with van der Waals surface area (Å²) in [5.74, 6) is 0.0640. The third-order valence-corrected chi connectivity index (χ3v) is 3.30. The van der Waals surface area contributed by atoms with Crippen molar-refractivity contribution in [3.05, 3.63) is 34.9 Å². The smallest absolute Gasteiger partial charge is 0.251 e. The summed E-state index contributed by atoms with van der Waals surface area (Å²) in [6.07, 6.45) is 0. The molecule has 0 saturated carbocycles. The van der Waals surface area contributed by atoms with Gasteiger partial charge < -0.3 is 15.2 Å². The topological polar surface area (TPSA) is 58.6 Å². The van der Waals surface area contributed by atoms with E-state index in [0.29, 0.717) is 18.8 Å². The fourth-order valence-electron chi connectivity index (χ4n) is 1.99. The van der Waals surface area contributed by atoms with Crippen LogP contribution in [0.15, 0.2) is 18.2 Å². The molecule has 0 aliphatic carbocycles. The van der Waals surface area contributed by atoms with Crippen LogP contribution >= 0.6 is 0 Å². The van der Waals surface area contributed by atoms with Gasteiger partial charge in [-0.05, 0) is 29.2 Å². The van der Waals surface area contributed by atoms with Crippen molar-refractivity contribution in [1.29, 1.82) is 0 Å². The van der Waals surface area contributed by atoms with Crippen LogP contribution in [-0.2, 0) is 18.0 Å². The number of hydrogen-bond acceptors (Lipinski definition) is 3. The van der Waals surface area contributed by atoms with Crippen molar-refractivity contribution in [1.82, 2.24) is 5.32 Å². The Hall–Kier alpha value is -1.39. The van der Waals surface area contributed by atoms with E-state index in [9.17, 15) is 9.90 Å². The van der Waals surface area contributed by atoms with Crippen LogP contribution in [0.4, 0.5) is 0 Å². The van der Waals surface area contributed by atoms with E-state index in [2.05, 4.69) is 5.32 Å². The number of carbonyl (C=O) groups is 1. The van der Waals surface area contributed by atoms with Crippen molar-refractivity contribution < 1.29 is 14.6 Å². The lowest BCUT2D eigenvalue weighted by Gasteiger charge is -2.20. The third-order valence-electron chi connectivity index (χ3n) is 3.30. The summed E-state index contributed by atoms with van der Waals surface area (Å²) < 4.78 is 5.32. The van der Waals surface area contributed by atoms with Gasteiger partial charge in [-0.15, -0.1) is 0 Å². The molecular formula is C14H19NO3. The first-order chi connectivity index (χ1) is 8.61. The summed E-state index contributed by atoms with van der Waals surface area (Å²) in [6.45, 7) is 5.10. The van der Waals surface area contributed by atoms with Gasteiger partial charge in [-0.3, -0.25) is 4.79 Å². The van der Waals surface area contributed by atoms with Gasteiger partial charge in [0.05, 0.1) is 25.9 Å². The number of fused-ring (bicyclic) bond motifs is 1. The van der Waals surface area contributed by atoms with E-state index < -0.39 is 0 Å². The number of rotatable bonds is 4. The Bertz CT molecular complexity index is 443. The number of ether oxygens (including phenoxy) is 1. The highest BCUT2D eigenvalue weighted by Crippen LogP contribution is 2.20. The number of benzene rings is 1. The number of amides is 1. The van der Waals surface area contributed by atoms with Crippen LogP contribution in [0.25, 0.3) is 0 Å². The molecule has 0 spiro atoms. The maximum Gasteiger partial charge on any atom is 0.251 e. The lowest BCUT2D eigenvalue weighted by molar-refractivity contribution is 0.0896. The van der Waals surface area contributed by atoms with Crippen LogP contribution < -0.4 is 5.32 Å². The average Bonchev–Trinajstić information content (AvgIpc) is 2.82. The molecular weight excluding hydrogens is 230 g/mol. The van der Waals surface area contributed by atoms with E-state index in [-0.39, 0.29) is 24.5 Å². The van der Waals surface area contributed by atoms with Gasteiger partial charge >= 0.3 is 0 Å². The molecule has 0 bridgehead atoms. The summed E-state index contributed by atoms with van der Waals surface area (Å²) in [4.78, 5) is 12.1. The molecule has 1 unspecified atom stereocenters. The zero-order valence-electron chi connectivity index (χ0n) is 10.8. The number of carbonyl (C=O) groups excluding carboxylic acids is 1. The molecule has 1 atom stereocenters. The second-order valence-electron chi connectivity index (χ2n) is 4.98. The molecule has 4 nitrogen and oxygen atoms in total. The normalized spacial score (nSPS) is 15.6. The molecule has 1 aliphatic rings. The molecule has 1 amide bonds. The minimum Gasteiger partial charge on any atom is -0.394 e. The molecule has 1 aromatic carbocycles. The number of aliphatic hydroxyl groups is 1. The molecule has 18 heavy (non-hydrogen) atoms. The second kappa shape index (κ2) is 5.50. The highest BCUT2D eigenvalue weighted by atomic mass is 16.5. The zero-order chi connectivity index (χ0) is 13.1. The van der Waals surface area contributed by atoms with E-state index in [1.165, 1.54) is 0 Å². The van der Waals surface area contributed by atoms with Crippen LogP contribution in [0.3, 0.4) is 0 Å². The predicted octanol–water partition coefficient (Wildman–Crippen LogP) is 1.46. The molecule has 0 saturated heterocycles. The predicted molar refractivity (Wildman–Crippen MR) is 68.1 cm³/mol. The van der Waals surface area contributed by atoms with E-state index in [0.717, 1.165) is 11.1 Å². The summed E-state index contributed by atoms with van der Waals surface area (Å²) in [5, 5.41) is 12.1. The van der Waals surface area contributed by atoms with Crippen molar-refractivity contribution >= 4 is 5.91 Å². The van der Waals surface area contributed by atoms with Gasteiger partial charge in [0.25, 0.3) is 5.91 Å². The Labute approximate surface area is 107 Å². The van der Waals surface area contributed by atoms with Crippen molar-refractivity contribution in [3.8, 4) is 0 Å². The lowest BCUT2D eigenvalue weighted by atomic mass is 10.0. The Morgan fingerprint density at radius 2 is 2.11 bits per heavy atom. The van der Waals surface area contributed by atoms with Crippen molar-refractivity contribution in [2.24, 2.45) is 5.92 Å². The Morgan fingerprint density at radius 1 is 1.39 bits per heavy atom. The lowest BCUT2D eigenvalue weighted by Crippen LogP contribution is -2.41. The zero-order valence-corrected chi connectivity index (χ0v) is 10.8. The van der Waals surface area contributed by atoms with Gasteiger partial charge in [0.1, 0.15) is 0 Å². The summed E-state index contributed by atoms with van der Waals surface area (Å²) in [5.41, 5.74) is 2.85. The maximum atomic E-state index is 12.1. The molecule has 98 valence electrons. The van der Waals surface area contributed by atoms with Gasteiger partial charge in [-0.1, -0.05) is 19.9 Å². The largest absolute Gasteiger partial charge is 0.394 e. The van der Waals surface area contributed by atoms with Gasteiger partial charge in [-0.2, -0.15) is 0 Å². The van der Waals surface area contributed by atoms with E-state index in [1.54, 1.807) is 6.07 Å². The monoisotopic (exact) mass is 249 g/mol. The molecule has 1 heterocycles. The highest BCUT2D eigenvalue weighted by Gasteiger charge is 2.18. The van der Waals surface area contributed by atoms with Gasteiger partial charge in [0.2, 0.25) is 0 Å². The van der Waals surface area contributed by atoms with E-state index >= 15 is 0 Å². The van der Waals surface area contributed by atoms with Gasteiger partial charge in [-0.25, -0.2) is 0 Å². The molecule has 1 aromatic rings. The van der Waals surface area contributed by atoms with Crippen molar-refractivity contribution in [3.63, 3.8) is 0 Å². The number of hydrogen-bond donors (Lipinski definition) is 2. The van der Waals surface area contributed by atoms with Crippen LogP contribution in [0.2, 0.25) is 0 Å². The summed E-state index contributed by atoms with van der Waals surface area (Å²) in [6, 6.07) is 5.40. The first-order valence-corrected chi connectivity index (χ1v) is 6.23. The third kappa shape index (κ3) is 2.71. The van der Waals surface area contributed by atoms with Crippen molar-refractivity contribution in [2.45, 2.75) is 33.1 Å². The number of nitrogens with one attached hydrogen (secondary N) is 1. The molecule has 0 aromatic heterocycles. The maximum absolute atomic E-state index is 12.1. The summed E-state index contributed by atoms with van der Waals surface area (Å²) >= 11 is 0. The van der Waals surface area contributed by atoms with E-state index in [4.69, 9.17) is 4.74 Å². The fraction of sp³-hybridized carbons (Fsp3) is 0.500. The Kier molecular flexibility index (Phi) is 3.99. The molecule has 2 N–H and O–H groups in total. The SMILES string of the molecule is CC(C)C(CO)NC(=O)c1ccc2c(c1)COC2. The molecule has 0 radical (unpaired) electrons. The molecule has 0 fully saturated rings. The fourth-order valence-corrected chi connectivity index (χ4v) is 1.99. The van der Waals surface area contributed by atoms with Gasteiger partial charge in [0, 0.05) is 5.56 Å². The highest BCUT2D eigenvalue weighted by molar-refractivity contribution is 5.94. The minimum absolute atomic E-state index is 0.0442. The molecule has 2 rings (SSSR count). The quantitative estimate of drug-likeness (QED) is 0.849. The van der Waals surface area contributed by atoms with Gasteiger partial charge in [0.15, 0.2) is 0 Å². The minimum atomic E-state index is -0.206. The first kappa shape index (κ1) is 13.1. The average molecular weight is 249 g/mol. The molecule has 4 heteroatoms. The van der Waals surface area contributed by atoms with Crippen molar-refractivity contribution in [2.75, 3.05) is 6.61 Å². The Balaban J connectivity index is 2.09. The Morgan fingerprint density at radius 3 is 2.78 bits per heavy atom. The number of aliphatic hydroxyl groups excluding tert-OH is 1. The summed E-state index contributed by atoms with van der Waals surface area (Å²) in [7, 11) is 0. The second-order valence-corrected chi connectivity index (χ2v) is 4.98. The molecule has 1 aliphatic heterocycles. The standard InChI is InChI=1S/C14H19NO3/c1-9(2)13(6-16)15-14(17)10-3-4-11-7-18-8-12(11)5-10/h3-5,9,13,16H,6-8H2,1-2H3,(H,15,17). The van der Waals surface area contributed by atoms with Crippen LogP contribution in [0.5, 0.6) is 0 Å².